The minimum absolute atomic E-state index is 0.118. The summed E-state index contributed by atoms with van der Waals surface area (Å²) >= 11 is 0. The molecule has 0 bridgehead atoms. The molecule has 0 amide bonds. The molecule has 0 heterocycles. The van der Waals surface area contributed by atoms with E-state index in [0.29, 0.717) is 19.3 Å². The van der Waals surface area contributed by atoms with Gasteiger partial charge in [-0.3, -0.25) is 14.4 Å². The molecule has 61 heavy (non-hydrogen) atoms. The van der Waals surface area contributed by atoms with Crippen molar-refractivity contribution in [1.82, 2.24) is 0 Å². The Morgan fingerprint density at radius 3 is 1.13 bits per heavy atom. The number of ether oxygens (including phenoxy) is 3. The first kappa shape index (κ1) is 57.1. The first-order valence-corrected chi connectivity index (χ1v) is 24.4. The molecule has 0 fully saturated rings. The third-order valence-corrected chi connectivity index (χ3v) is 9.78. The summed E-state index contributed by atoms with van der Waals surface area (Å²) < 4.78 is 16.6. The van der Waals surface area contributed by atoms with Crippen molar-refractivity contribution in [2.45, 2.75) is 207 Å². The number of hydrogen-bond acceptors (Lipinski definition) is 6. The van der Waals surface area contributed by atoms with Gasteiger partial charge in [0.2, 0.25) is 0 Å². The molecular weight excluding hydrogens is 757 g/mol. The first-order chi connectivity index (χ1) is 30.0. The van der Waals surface area contributed by atoms with Crippen molar-refractivity contribution in [1.29, 1.82) is 0 Å². The van der Waals surface area contributed by atoms with E-state index in [9.17, 15) is 14.4 Å². The van der Waals surface area contributed by atoms with Gasteiger partial charge in [-0.05, 0) is 96.3 Å². The average molecular weight is 845 g/mol. The summed E-state index contributed by atoms with van der Waals surface area (Å²) in [6.45, 7) is 6.35. The number of rotatable bonds is 42. The van der Waals surface area contributed by atoms with Crippen molar-refractivity contribution in [3.8, 4) is 0 Å². The van der Waals surface area contributed by atoms with Crippen molar-refractivity contribution in [2.24, 2.45) is 0 Å². The molecule has 0 saturated carbocycles. The number of allylic oxidation sites excluding steroid dienone is 18. The standard InChI is InChI=1S/C55H88O6/c1-4-7-10-13-16-19-21-23-25-26-27-28-30-31-33-36-39-42-45-48-54(57)60-51-52(50-59-53(56)47-44-41-38-35-18-15-12-9-6-3)61-55(58)49-46-43-40-37-34-32-29-24-22-20-17-14-11-8-5-2/h7,10,16-17,19-20,23-25,27-29,31,33-34,37,39,42,52H,4-6,8-9,11-15,18,21-22,26,30,32,35-36,38,40-41,43-51H2,1-3H3/b10-7-,19-16-,20-17-,25-23-,28-27-,29-24-,33-31-,37-34-,42-39-/t52-/m1/s1. The summed E-state index contributed by atoms with van der Waals surface area (Å²) in [5.41, 5.74) is 0. The predicted octanol–water partition coefficient (Wildman–Crippen LogP) is 16.0. The Balaban J connectivity index is 4.54. The zero-order chi connectivity index (χ0) is 44.4. The summed E-state index contributed by atoms with van der Waals surface area (Å²) in [6, 6.07) is 0. The maximum absolute atomic E-state index is 12.7. The van der Waals surface area contributed by atoms with Crippen LogP contribution < -0.4 is 0 Å². The molecule has 0 aliphatic heterocycles. The van der Waals surface area contributed by atoms with Crippen LogP contribution in [0.4, 0.5) is 0 Å². The molecule has 0 radical (unpaired) electrons. The normalized spacial score (nSPS) is 13.0. The molecule has 0 unspecified atom stereocenters. The molecule has 0 aliphatic rings. The molecule has 0 aromatic heterocycles. The van der Waals surface area contributed by atoms with Crippen LogP contribution in [-0.2, 0) is 28.6 Å². The van der Waals surface area contributed by atoms with Crippen molar-refractivity contribution < 1.29 is 28.6 Å². The second-order valence-electron chi connectivity index (χ2n) is 15.6. The lowest BCUT2D eigenvalue weighted by atomic mass is 10.1. The Morgan fingerprint density at radius 1 is 0.344 bits per heavy atom. The highest BCUT2D eigenvalue weighted by molar-refractivity contribution is 5.71. The Labute approximate surface area is 374 Å². The Bertz CT molecular complexity index is 1290. The zero-order valence-corrected chi connectivity index (χ0v) is 39.1. The molecular formula is C55H88O6. The quantitative estimate of drug-likeness (QED) is 0.0264. The van der Waals surface area contributed by atoms with Crippen LogP contribution in [0.3, 0.4) is 0 Å². The summed E-state index contributed by atoms with van der Waals surface area (Å²) in [4.78, 5) is 37.8. The molecule has 6 heteroatoms. The molecule has 0 saturated heterocycles. The predicted molar refractivity (Wildman–Crippen MR) is 260 cm³/mol. The first-order valence-electron chi connectivity index (χ1n) is 24.4. The fourth-order valence-corrected chi connectivity index (χ4v) is 6.12. The highest BCUT2D eigenvalue weighted by Gasteiger charge is 2.19. The van der Waals surface area contributed by atoms with Gasteiger partial charge >= 0.3 is 17.9 Å². The summed E-state index contributed by atoms with van der Waals surface area (Å²) in [5, 5.41) is 0. The Morgan fingerprint density at radius 2 is 0.672 bits per heavy atom. The van der Waals surface area contributed by atoms with E-state index in [0.717, 1.165) is 83.5 Å². The van der Waals surface area contributed by atoms with Gasteiger partial charge in [0.1, 0.15) is 13.2 Å². The van der Waals surface area contributed by atoms with Crippen molar-refractivity contribution in [3.05, 3.63) is 109 Å². The van der Waals surface area contributed by atoms with Gasteiger partial charge in [0.15, 0.2) is 6.10 Å². The van der Waals surface area contributed by atoms with E-state index >= 15 is 0 Å². The van der Waals surface area contributed by atoms with E-state index in [4.69, 9.17) is 14.2 Å². The number of unbranched alkanes of at least 4 members (excludes halogenated alkanes) is 13. The molecule has 0 aromatic rings. The average Bonchev–Trinajstić information content (AvgIpc) is 3.26. The molecule has 6 nitrogen and oxygen atoms in total. The number of esters is 3. The van der Waals surface area contributed by atoms with E-state index in [2.05, 4.69) is 118 Å². The van der Waals surface area contributed by atoms with Crippen LogP contribution in [0.15, 0.2) is 109 Å². The molecule has 0 aromatic carbocycles. The maximum Gasteiger partial charge on any atom is 0.306 e. The van der Waals surface area contributed by atoms with Crippen molar-refractivity contribution in [3.63, 3.8) is 0 Å². The van der Waals surface area contributed by atoms with Crippen LogP contribution in [0.1, 0.15) is 201 Å². The minimum Gasteiger partial charge on any atom is -0.462 e. The second-order valence-corrected chi connectivity index (χ2v) is 15.6. The molecule has 0 spiro atoms. The highest BCUT2D eigenvalue weighted by atomic mass is 16.6. The third-order valence-electron chi connectivity index (χ3n) is 9.78. The zero-order valence-electron chi connectivity index (χ0n) is 39.1. The summed E-state index contributed by atoms with van der Waals surface area (Å²) in [5.74, 6) is -1.06. The lowest BCUT2D eigenvalue weighted by Crippen LogP contribution is -2.30. The van der Waals surface area contributed by atoms with Crippen LogP contribution in [-0.4, -0.2) is 37.2 Å². The molecule has 0 rings (SSSR count). The lowest BCUT2D eigenvalue weighted by Gasteiger charge is -2.18. The molecule has 0 aliphatic carbocycles. The number of carbonyl (C=O) groups excluding carboxylic acids is 3. The van der Waals surface area contributed by atoms with Crippen LogP contribution in [0, 0.1) is 0 Å². The van der Waals surface area contributed by atoms with Gasteiger partial charge in [0.25, 0.3) is 0 Å². The second kappa shape index (κ2) is 48.7. The van der Waals surface area contributed by atoms with E-state index < -0.39 is 6.10 Å². The largest absolute Gasteiger partial charge is 0.462 e. The fraction of sp³-hybridized carbons (Fsp3) is 0.618. The number of hydrogen-bond donors (Lipinski definition) is 0. The Kier molecular flexibility index (Phi) is 45.6. The van der Waals surface area contributed by atoms with Crippen LogP contribution in [0.2, 0.25) is 0 Å². The van der Waals surface area contributed by atoms with Gasteiger partial charge in [0.05, 0.1) is 0 Å². The van der Waals surface area contributed by atoms with E-state index in [1.54, 1.807) is 0 Å². The lowest BCUT2D eigenvalue weighted by molar-refractivity contribution is -0.166. The molecule has 0 N–H and O–H groups in total. The van der Waals surface area contributed by atoms with Gasteiger partial charge < -0.3 is 14.2 Å². The van der Waals surface area contributed by atoms with Crippen LogP contribution >= 0.6 is 0 Å². The third kappa shape index (κ3) is 47.0. The minimum atomic E-state index is -0.827. The highest BCUT2D eigenvalue weighted by Crippen LogP contribution is 2.12. The molecule has 344 valence electrons. The molecule has 1 atom stereocenters. The number of carbonyl (C=O) groups is 3. The topological polar surface area (TPSA) is 78.9 Å². The van der Waals surface area contributed by atoms with Crippen LogP contribution in [0.5, 0.6) is 0 Å². The summed E-state index contributed by atoms with van der Waals surface area (Å²) in [6.07, 6.45) is 65.2. The van der Waals surface area contributed by atoms with E-state index in [-0.39, 0.29) is 44.0 Å². The van der Waals surface area contributed by atoms with Gasteiger partial charge in [-0.15, -0.1) is 0 Å². The van der Waals surface area contributed by atoms with Gasteiger partial charge in [-0.2, -0.15) is 0 Å². The SMILES string of the molecule is CC/C=C\C/C=C\C/C=C\C/C=C\C/C=C\C/C=C\CCC(=O)OC[C@@H](COC(=O)CCCCCCCCCCC)OC(=O)CCCC/C=C\C/C=C\C/C=C\CCCCC. The maximum atomic E-state index is 12.7. The van der Waals surface area contributed by atoms with E-state index in [1.807, 2.05) is 12.2 Å². The van der Waals surface area contributed by atoms with Crippen molar-refractivity contribution >= 4 is 17.9 Å². The van der Waals surface area contributed by atoms with Gasteiger partial charge in [-0.25, -0.2) is 0 Å². The van der Waals surface area contributed by atoms with Crippen LogP contribution in [0.25, 0.3) is 0 Å². The van der Waals surface area contributed by atoms with Crippen molar-refractivity contribution in [2.75, 3.05) is 13.2 Å². The summed E-state index contributed by atoms with van der Waals surface area (Å²) in [7, 11) is 0. The smallest absolute Gasteiger partial charge is 0.306 e. The fourth-order valence-electron chi connectivity index (χ4n) is 6.12. The van der Waals surface area contributed by atoms with Gasteiger partial charge in [-0.1, -0.05) is 194 Å². The Hall–Kier alpha value is -3.93. The van der Waals surface area contributed by atoms with Gasteiger partial charge in [0, 0.05) is 19.3 Å². The monoisotopic (exact) mass is 845 g/mol. The van der Waals surface area contributed by atoms with E-state index in [1.165, 1.54) is 64.2 Å².